The predicted octanol–water partition coefficient (Wildman–Crippen LogP) is 4.00. The van der Waals surface area contributed by atoms with Crippen molar-refractivity contribution in [3.63, 3.8) is 0 Å². The van der Waals surface area contributed by atoms with Crippen LogP contribution in [0.25, 0.3) is 0 Å². The first-order valence-electron chi connectivity index (χ1n) is 10.9. The zero-order valence-electron chi connectivity index (χ0n) is 20.8. The van der Waals surface area contributed by atoms with Gasteiger partial charge < -0.3 is 4.55 Å². The molecule has 0 N–H and O–H groups in total. The molecule has 0 saturated heterocycles. The molecule has 0 aliphatic heterocycles. The first-order chi connectivity index (χ1) is 15.1. The molecule has 0 heterocycles. The van der Waals surface area contributed by atoms with Crippen LogP contribution < -0.4 is 21.2 Å². The topological polar surface area (TPSA) is 57.2 Å². The average molecular weight is 569 g/mol. The summed E-state index contributed by atoms with van der Waals surface area (Å²) in [6.07, 6.45) is 0. The van der Waals surface area contributed by atoms with Crippen LogP contribution in [0.3, 0.4) is 0 Å². The molecule has 0 aromatic heterocycles. The zero-order valence-corrected chi connectivity index (χ0v) is 23.8. The molecule has 0 aliphatic rings. The van der Waals surface area contributed by atoms with Crippen molar-refractivity contribution >= 4 is 10.1 Å². The predicted molar refractivity (Wildman–Crippen MR) is 131 cm³/mol. The summed E-state index contributed by atoms with van der Waals surface area (Å²) in [6.45, 7) is 17.0. The van der Waals surface area contributed by atoms with Crippen molar-refractivity contribution in [2.75, 3.05) is 0 Å². The van der Waals surface area contributed by atoms with Crippen LogP contribution in [-0.4, -0.2) is 13.0 Å². The SMILES string of the molecule is CC.CC.Cc1c(C)c(C)c(S(=O)(=O)[O-])c(C)c1C.c1ccc([I+]c2ccccc2)cc1. The van der Waals surface area contributed by atoms with Crippen molar-refractivity contribution in [1.29, 1.82) is 0 Å². The second-order valence-electron chi connectivity index (χ2n) is 6.59. The second-order valence-corrected chi connectivity index (χ2v) is 10.9. The molecule has 3 rings (SSSR count). The highest BCUT2D eigenvalue weighted by atomic mass is 127. The highest BCUT2D eigenvalue weighted by molar-refractivity contribution is 7.85. The van der Waals surface area contributed by atoms with Gasteiger partial charge in [-0.15, -0.1) is 0 Å². The minimum atomic E-state index is -4.38. The van der Waals surface area contributed by atoms with Gasteiger partial charge in [0.1, 0.15) is 10.1 Å². The monoisotopic (exact) mass is 568 g/mol. The van der Waals surface area contributed by atoms with E-state index in [0.29, 0.717) is 11.1 Å². The fraction of sp³-hybridized carbons (Fsp3) is 0.333. The lowest BCUT2D eigenvalue weighted by Gasteiger charge is -2.20. The maximum Gasteiger partial charge on any atom is 0.357 e. The van der Waals surface area contributed by atoms with Crippen molar-refractivity contribution in [1.82, 2.24) is 0 Å². The maximum atomic E-state index is 11.1. The molecule has 0 aliphatic carbocycles. The summed E-state index contributed by atoms with van der Waals surface area (Å²) in [5, 5.41) is 0. The Morgan fingerprint density at radius 3 is 1.12 bits per heavy atom. The molecule has 176 valence electrons. The fourth-order valence-corrected chi connectivity index (χ4v) is 6.25. The van der Waals surface area contributed by atoms with E-state index < -0.39 is 10.1 Å². The largest absolute Gasteiger partial charge is 0.744 e. The normalized spacial score (nSPS) is 9.94. The number of hydrogen-bond acceptors (Lipinski definition) is 3. The van der Waals surface area contributed by atoms with Gasteiger partial charge in [-0.05, 0) is 86.7 Å². The van der Waals surface area contributed by atoms with Crippen LogP contribution in [0.4, 0.5) is 0 Å². The molecule has 5 heteroatoms. The van der Waals surface area contributed by atoms with E-state index in [4.69, 9.17) is 0 Å². The zero-order chi connectivity index (χ0) is 24.9. The van der Waals surface area contributed by atoms with Gasteiger partial charge in [-0.2, -0.15) is 0 Å². The molecule has 0 fully saturated rings. The van der Waals surface area contributed by atoms with Crippen LogP contribution >= 0.6 is 0 Å². The van der Waals surface area contributed by atoms with Crippen LogP contribution in [0, 0.1) is 41.8 Å². The number of halogens is 1. The Labute approximate surface area is 206 Å². The third-order valence-electron chi connectivity index (χ3n) is 4.87. The van der Waals surface area contributed by atoms with Crippen molar-refractivity contribution < 1.29 is 34.2 Å². The molecular weight excluding hydrogens is 531 g/mol. The molecule has 0 amide bonds. The molecule has 0 radical (unpaired) electrons. The molecule has 3 aromatic rings. The lowest BCUT2D eigenvalue weighted by atomic mass is 9.95. The van der Waals surface area contributed by atoms with E-state index >= 15 is 0 Å². The Kier molecular flexibility index (Phi) is 14.4. The Hall–Kier alpha value is -1.70. The quantitative estimate of drug-likeness (QED) is 0.355. The van der Waals surface area contributed by atoms with Crippen LogP contribution in [0.1, 0.15) is 55.5 Å². The lowest BCUT2D eigenvalue weighted by Crippen LogP contribution is -3.61. The van der Waals surface area contributed by atoms with Crippen LogP contribution in [0.5, 0.6) is 0 Å². The highest BCUT2D eigenvalue weighted by Gasteiger charge is 2.16. The van der Waals surface area contributed by atoms with Gasteiger partial charge in [0, 0.05) is 0 Å². The van der Waals surface area contributed by atoms with E-state index in [1.165, 1.54) is 7.14 Å². The van der Waals surface area contributed by atoms with Gasteiger partial charge in [-0.1, -0.05) is 64.1 Å². The molecule has 0 bridgehead atoms. The molecular formula is C27H37IO3S. The third kappa shape index (κ3) is 9.04. The van der Waals surface area contributed by atoms with Gasteiger partial charge >= 0.3 is 21.2 Å². The Morgan fingerprint density at radius 2 is 0.844 bits per heavy atom. The molecule has 0 spiro atoms. The minimum Gasteiger partial charge on any atom is -0.744 e. The number of hydrogen-bond donors (Lipinski definition) is 0. The molecule has 3 nitrogen and oxygen atoms in total. The standard InChI is InChI=1S/C12H10I.C11H16O3S.2C2H6/c1-3-7-11(8-4-1)13-12-9-5-2-6-10-12;1-6-7(2)9(4)11(15(12,13)14)10(5)8(6)3;2*1-2/h1-10H;1-5H3,(H,12,13,14);2*1-2H3/q+1;;;/p-1. The summed E-state index contributed by atoms with van der Waals surface area (Å²) < 4.78 is 36.4. The lowest BCUT2D eigenvalue weighted by molar-refractivity contribution is -0.597. The van der Waals surface area contributed by atoms with Gasteiger partial charge in [0.05, 0.1) is 4.90 Å². The maximum absolute atomic E-state index is 11.1. The summed E-state index contributed by atoms with van der Waals surface area (Å²) in [7, 11) is -4.38. The van der Waals surface area contributed by atoms with Crippen molar-refractivity contribution in [3.8, 4) is 0 Å². The summed E-state index contributed by atoms with van der Waals surface area (Å²) in [4.78, 5) is -0.0527. The van der Waals surface area contributed by atoms with E-state index in [1.807, 2.05) is 48.5 Å². The first-order valence-corrected chi connectivity index (χ1v) is 14.5. The second kappa shape index (κ2) is 15.2. The van der Waals surface area contributed by atoms with Crippen molar-refractivity contribution in [2.45, 2.75) is 67.2 Å². The molecule has 3 aromatic carbocycles. The number of benzene rings is 3. The van der Waals surface area contributed by atoms with E-state index in [-0.39, 0.29) is 26.1 Å². The number of rotatable bonds is 3. The summed E-state index contributed by atoms with van der Waals surface area (Å²) in [6, 6.07) is 21.4. The molecule has 32 heavy (non-hydrogen) atoms. The Balaban J connectivity index is 0.000000523. The van der Waals surface area contributed by atoms with Gasteiger partial charge in [-0.3, -0.25) is 0 Å². The summed E-state index contributed by atoms with van der Waals surface area (Å²) in [5.41, 5.74) is 3.97. The van der Waals surface area contributed by atoms with Gasteiger partial charge in [-0.25, -0.2) is 8.42 Å². The van der Waals surface area contributed by atoms with Gasteiger partial charge in [0.2, 0.25) is 0 Å². The smallest absolute Gasteiger partial charge is 0.357 e. The Morgan fingerprint density at radius 1 is 0.562 bits per heavy atom. The van der Waals surface area contributed by atoms with Gasteiger partial charge in [0.15, 0.2) is 7.14 Å². The Bertz CT molecular complexity index is 979. The van der Waals surface area contributed by atoms with Crippen molar-refractivity contribution in [2.24, 2.45) is 0 Å². The highest BCUT2D eigenvalue weighted by Crippen LogP contribution is 2.28. The third-order valence-corrected chi connectivity index (χ3v) is 8.66. The van der Waals surface area contributed by atoms with E-state index in [1.54, 1.807) is 13.8 Å². The summed E-state index contributed by atoms with van der Waals surface area (Å²) >= 11 is 0.0287. The van der Waals surface area contributed by atoms with Gasteiger partial charge in [0.25, 0.3) is 0 Å². The van der Waals surface area contributed by atoms with Crippen molar-refractivity contribution in [3.05, 3.63) is 95.6 Å². The van der Waals surface area contributed by atoms with E-state index in [9.17, 15) is 13.0 Å². The van der Waals surface area contributed by atoms with E-state index in [2.05, 4.69) is 60.7 Å². The summed E-state index contributed by atoms with van der Waals surface area (Å²) in [5.74, 6) is 0. The van der Waals surface area contributed by atoms with Crippen LogP contribution in [0.15, 0.2) is 65.6 Å². The van der Waals surface area contributed by atoms with Crippen LogP contribution in [0.2, 0.25) is 0 Å². The first kappa shape index (κ1) is 30.3. The fourth-order valence-electron chi connectivity index (χ4n) is 2.92. The van der Waals surface area contributed by atoms with E-state index in [0.717, 1.165) is 16.7 Å². The molecule has 0 saturated carbocycles. The van der Waals surface area contributed by atoms with Crippen LogP contribution in [-0.2, 0) is 10.1 Å². The minimum absolute atomic E-state index is 0.0287. The molecule has 0 unspecified atom stereocenters. The average Bonchev–Trinajstić information content (AvgIpc) is 2.80. The molecule has 0 atom stereocenters.